The van der Waals surface area contributed by atoms with Crippen LogP contribution in [0.4, 0.5) is 0 Å². The molecule has 0 radical (unpaired) electrons. The van der Waals surface area contributed by atoms with E-state index < -0.39 is 0 Å². The van der Waals surface area contributed by atoms with Crippen molar-refractivity contribution in [3.05, 3.63) is 88.2 Å². The van der Waals surface area contributed by atoms with E-state index in [2.05, 4.69) is 10.5 Å². The molecule has 2 heterocycles. The fourth-order valence-electron chi connectivity index (χ4n) is 4.67. The molecule has 5 rings (SSSR count). The minimum Gasteiger partial charge on any atom is -0.364 e. The van der Waals surface area contributed by atoms with E-state index in [0.717, 1.165) is 40.6 Å². The summed E-state index contributed by atoms with van der Waals surface area (Å²) in [6, 6.07) is 15.5. The molecule has 0 saturated heterocycles. The summed E-state index contributed by atoms with van der Waals surface area (Å²) >= 11 is 0. The largest absolute Gasteiger partial charge is 0.364 e. The first-order chi connectivity index (χ1) is 16.1. The van der Waals surface area contributed by atoms with Crippen molar-refractivity contribution in [1.82, 2.24) is 15.0 Å². The molecule has 6 nitrogen and oxygen atoms in total. The Balaban J connectivity index is 1.37. The highest BCUT2D eigenvalue weighted by Crippen LogP contribution is 2.25. The molecule has 0 spiro atoms. The van der Waals surface area contributed by atoms with Gasteiger partial charge in [0.15, 0.2) is 0 Å². The average molecular weight is 442 g/mol. The van der Waals surface area contributed by atoms with Gasteiger partial charge in [0, 0.05) is 28.8 Å². The normalized spacial score (nSPS) is 14.5. The minimum atomic E-state index is -0.0573. The molecular weight excluding hydrogens is 414 g/mol. The Morgan fingerprint density at radius 3 is 2.76 bits per heavy atom. The molecule has 1 fully saturated rings. The first-order valence-electron chi connectivity index (χ1n) is 11.5. The summed E-state index contributed by atoms with van der Waals surface area (Å²) in [4.78, 5) is 25.9. The van der Waals surface area contributed by atoms with Gasteiger partial charge in [0.2, 0.25) is 0 Å². The van der Waals surface area contributed by atoms with Gasteiger partial charge in [-0.25, -0.2) is 0 Å². The van der Waals surface area contributed by atoms with Gasteiger partial charge in [0.25, 0.3) is 11.5 Å². The number of hydrogen-bond acceptors (Lipinski definition) is 4. The predicted octanol–water partition coefficient (Wildman–Crippen LogP) is 5.08. The summed E-state index contributed by atoms with van der Waals surface area (Å²) in [6.07, 6.45) is 9.14. The molecule has 4 aromatic rings. The van der Waals surface area contributed by atoms with E-state index in [1.165, 1.54) is 19.3 Å². The molecule has 1 aliphatic carbocycles. The Kier molecular flexibility index (Phi) is 5.82. The average Bonchev–Trinajstić information content (AvgIpc) is 3.27. The molecule has 1 aliphatic rings. The second-order valence-electron chi connectivity index (χ2n) is 8.87. The lowest BCUT2D eigenvalue weighted by atomic mass is 9.95. The third-order valence-corrected chi connectivity index (χ3v) is 6.52. The standard InChI is InChI=1S/C27H27N3O3/c1-18-25(17-33-29-18)20-10-11-24-21(15-20)12-13-30(27(24)32)16-19-6-5-7-22(14-19)26(31)28-23-8-3-2-4-9-23/h5-7,10-15,17,23H,2-4,8-9,16H2,1H3,(H,28,31). The third kappa shape index (κ3) is 4.46. The molecule has 0 atom stereocenters. The maximum absolute atomic E-state index is 13.1. The van der Waals surface area contributed by atoms with Gasteiger partial charge in [-0.15, -0.1) is 0 Å². The van der Waals surface area contributed by atoms with Crippen molar-refractivity contribution in [2.45, 2.75) is 51.6 Å². The van der Waals surface area contributed by atoms with Gasteiger partial charge in [-0.05, 0) is 66.6 Å². The van der Waals surface area contributed by atoms with Crippen molar-refractivity contribution in [3.8, 4) is 11.1 Å². The van der Waals surface area contributed by atoms with Crippen LogP contribution in [0.1, 0.15) is 53.7 Å². The first-order valence-corrected chi connectivity index (χ1v) is 11.5. The van der Waals surface area contributed by atoms with E-state index in [1.54, 1.807) is 10.8 Å². The molecule has 2 aromatic carbocycles. The lowest BCUT2D eigenvalue weighted by Gasteiger charge is -2.22. The van der Waals surface area contributed by atoms with Gasteiger partial charge in [-0.3, -0.25) is 9.59 Å². The molecule has 1 saturated carbocycles. The van der Waals surface area contributed by atoms with Crippen molar-refractivity contribution in [2.24, 2.45) is 0 Å². The topological polar surface area (TPSA) is 77.1 Å². The molecule has 0 aliphatic heterocycles. The second kappa shape index (κ2) is 9.06. The van der Waals surface area contributed by atoms with Crippen LogP contribution in [0, 0.1) is 6.92 Å². The number of nitrogens with one attached hydrogen (secondary N) is 1. The van der Waals surface area contributed by atoms with Crippen molar-refractivity contribution >= 4 is 16.7 Å². The Labute approximate surface area is 192 Å². The fraction of sp³-hybridized carbons (Fsp3) is 0.296. The minimum absolute atomic E-state index is 0.0360. The summed E-state index contributed by atoms with van der Waals surface area (Å²) in [5.41, 5.74) is 4.21. The van der Waals surface area contributed by atoms with Crippen molar-refractivity contribution in [1.29, 1.82) is 0 Å². The van der Waals surface area contributed by atoms with E-state index in [-0.39, 0.29) is 17.5 Å². The second-order valence-corrected chi connectivity index (χ2v) is 8.87. The number of rotatable bonds is 5. The van der Waals surface area contributed by atoms with Gasteiger partial charge in [0.1, 0.15) is 6.26 Å². The molecule has 0 bridgehead atoms. The van der Waals surface area contributed by atoms with E-state index >= 15 is 0 Å². The van der Waals surface area contributed by atoms with Crippen LogP contribution < -0.4 is 10.9 Å². The third-order valence-electron chi connectivity index (χ3n) is 6.52. The number of fused-ring (bicyclic) bond motifs is 1. The molecule has 1 amide bonds. The molecule has 33 heavy (non-hydrogen) atoms. The van der Waals surface area contributed by atoms with E-state index in [4.69, 9.17) is 4.52 Å². The smallest absolute Gasteiger partial charge is 0.258 e. The molecule has 6 heteroatoms. The van der Waals surface area contributed by atoms with Crippen LogP contribution in [-0.4, -0.2) is 21.7 Å². The number of hydrogen-bond donors (Lipinski definition) is 1. The van der Waals surface area contributed by atoms with E-state index in [9.17, 15) is 9.59 Å². The maximum Gasteiger partial charge on any atom is 0.258 e. The summed E-state index contributed by atoms with van der Waals surface area (Å²) < 4.78 is 6.73. The number of benzene rings is 2. The first kappa shape index (κ1) is 21.2. The quantitative estimate of drug-likeness (QED) is 0.469. The fourth-order valence-corrected chi connectivity index (χ4v) is 4.67. The van der Waals surface area contributed by atoms with Crippen LogP contribution in [0.2, 0.25) is 0 Å². The van der Waals surface area contributed by atoms with Crippen LogP contribution in [0.15, 0.2) is 70.3 Å². The Hall–Kier alpha value is -3.67. The van der Waals surface area contributed by atoms with Gasteiger partial charge < -0.3 is 14.4 Å². The van der Waals surface area contributed by atoms with Crippen LogP contribution in [0.3, 0.4) is 0 Å². The maximum atomic E-state index is 13.1. The Morgan fingerprint density at radius 1 is 1.12 bits per heavy atom. The van der Waals surface area contributed by atoms with E-state index in [0.29, 0.717) is 17.5 Å². The molecule has 0 unspecified atom stereocenters. The number of carbonyl (C=O) groups is 1. The zero-order chi connectivity index (χ0) is 22.8. The molecule has 1 N–H and O–H groups in total. The van der Waals surface area contributed by atoms with Crippen LogP contribution >= 0.6 is 0 Å². The van der Waals surface area contributed by atoms with Crippen molar-refractivity contribution in [2.75, 3.05) is 0 Å². The van der Waals surface area contributed by atoms with Crippen molar-refractivity contribution < 1.29 is 9.32 Å². The highest BCUT2D eigenvalue weighted by Gasteiger charge is 2.17. The summed E-state index contributed by atoms with van der Waals surface area (Å²) in [5.74, 6) is -0.0360. The Bertz CT molecular complexity index is 1360. The molecule has 2 aromatic heterocycles. The van der Waals surface area contributed by atoms with Crippen LogP contribution in [0.25, 0.3) is 21.9 Å². The molecule has 168 valence electrons. The van der Waals surface area contributed by atoms with Crippen LogP contribution in [0.5, 0.6) is 0 Å². The number of pyridine rings is 1. The van der Waals surface area contributed by atoms with E-state index in [1.807, 2.05) is 61.7 Å². The van der Waals surface area contributed by atoms with Gasteiger partial charge in [-0.2, -0.15) is 0 Å². The highest BCUT2D eigenvalue weighted by molar-refractivity contribution is 5.94. The summed E-state index contributed by atoms with van der Waals surface area (Å²) in [5, 5.41) is 8.62. The SMILES string of the molecule is Cc1nocc1-c1ccc2c(=O)n(Cc3cccc(C(=O)NC4CCCCC4)c3)ccc2c1. The summed E-state index contributed by atoms with van der Waals surface area (Å²) in [6.45, 7) is 2.30. The highest BCUT2D eigenvalue weighted by atomic mass is 16.5. The van der Waals surface area contributed by atoms with Gasteiger partial charge in [-0.1, -0.05) is 42.6 Å². The van der Waals surface area contributed by atoms with Gasteiger partial charge >= 0.3 is 0 Å². The summed E-state index contributed by atoms with van der Waals surface area (Å²) in [7, 11) is 0. The lowest BCUT2D eigenvalue weighted by molar-refractivity contribution is 0.0927. The van der Waals surface area contributed by atoms with Gasteiger partial charge in [0.05, 0.1) is 12.2 Å². The monoisotopic (exact) mass is 441 g/mol. The van der Waals surface area contributed by atoms with Crippen molar-refractivity contribution in [3.63, 3.8) is 0 Å². The van der Waals surface area contributed by atoms with Crippen LogP contribution in [-0.2, 0) is 6.54 Å². The predicted molar refractivity (Wildman–Crippen MR) is 128 cm³/mol. The molecular formula is C27H27N3O3. The Morgan fingerprint density at radius 2 is 1.97 bits per heavy atom. The number of nitrogens with zero attached hydrogens (tertiary/aromatic N) is 2. The lowest BCUT2D eigenvalue weighted by Crippen LogP contribution is -2.36. The number of amides is 1. The zero-order valence-corrected chi connectivity index (χ0v) is 18.7. The number of aryl methyl sites for hydroxylation is 1. The number of aromatic nitrogens is 2. The number of carbonyl (C=O) groups excluding carboxylic acids is 1. The zero-order valence-electron chi connectivity index (χ0n) is 18.7.